The van der Waals surface area contributed by atoms with E-state index in [1.807, 2.05) is 4.90 Å². The number of piperidine rings is 1. The number of anilines is 1. The fourth-order valence-corrected chi connectivity index (χ4v) is 2.52. The van der Waals surface area contributed by atoms with Crippen molar-refractivity contribution in [3.05, 3.63) is 28.8 Å². The topological polar surface area (TPSA) is 83.6 Å². The minimum Gasteiger partial charge on any atom is -0.478 e. The number of benzene rings is 1. The van der Waals surface area contributed by atoms with Crippen LogP contribution in [0.5, 0.6) is 0 Å². The summed E-state index contributed by atoms with van der Waals surface area (Å²) in [4.78, 5) is 24.3. The summed E-state index contributed by atoms with van der Waals surface area (Å²) < 4.78 is 0. The Kier molecular flexibility index (Phi) is 3.95. The van der Waals surface area contributed by atoms with Crippen molar-refractivity contribution in [1.82, 2.24) is 0 Å². The van der Waals surface area contributed by atoms with E-state index in [1.54, 1.807) is 12.1 Å². The summed E-state index contributed by atoms with van der Waals surface area (Å²) in [5, 5.41) is 9.68. The molecule has 0 bridgehead atoms. The van der Waals surface area contributed by atoms with E-state index >= 15 is 0 Å². The highest BCUT2D eigenvalue weighted by atomic mass is 35.5. The van der Waals surface area contributed by atoms with E-state index in [1.165, 1.54) is 6.07 Å². The fourth-order valence-electron chi connectivity index (χ4n) is 2.35. The van der Waals surface area contributed by atoms with Crippen LogP contribution in [0.1, 0.15) is 23.2 Å². The molecule has 1 amide bonds. The van der Waals surface area contributed by atoms with Crippen molar-refractivity contribution < 1.29 is 14.7 Å². The monoisotopic (exact) mass is 282 g/mol. The second-order valence-electron chi connectivity index (χ2n) is 4.63. The molecule has 6 heteroatoms. The summed E-state index contributed by atoms with van der Waals surface area (Å²) in [6.07, 6.45) is 1.28. The van der Waals surface area contributed by atoms with Crippen molar-refractivity contribution in [3.63, 3.8) is 0 Å². The summed E-state index contributed by atoms with van der Waals surface area (Å²) in [6, 6.07) is 4.71. The third kappa shape index (κ3) is 2.98. The molecule has 0 aromatic heterocycles. The van der Waals surface area contributed by atoms with Gasteiger partial charge in [-0.1, -0.05) is 11.6 Å². The Hall–Kier alpha value is -1.75. The van der Waals surface area contributed by atoms with Gasteiger partial charge >= 0.3 is 5.97 Å². The van der Waals surface area contributed by atoms with Gasteiger partial charge < -0.3 is 15.7 Å². The fraction of sp³-hybridized carbons (Fsp3) is 0.385. The number of primary amides is 1. The first-order valence-corrected chi connectivity index (χ1v) is 6.44. The van der Waals surface area contributed by atoms with Gasteiger partial charge in [0.25, 0.3) is 0 Å². The van der Waals surface area contributed by atoms with E-state index in [4.69, 9.17) is 17.3 Å². The Morgan fingerprint density at radius 2 is 1.95 bits per heavy atom. The zero-order chi connectivity index (χ0) is 14.0. The highest BCUT2D eigenvalue weighted by molar-refractivity contribution is 6.31. The quantitative estimate of drug-likeness (QED) is 0.884. The molecule has 1 saturated heterocycles. The normalized spacial score (nSPS) is 16.4. The molecule has 1 fully saturated rings. The number of nitrogens with zero attached hydrogens (tertiary/aromatic N) is 1. The SMILES string of the molecule is NC(=O)C1CCN(c2cc(Cl)ccc2C(=O)O)CC1. The summed E-state index contributed by atoms with van der Waals surface area (Å²) in [5.41, 5.74) is 6.10. The van der Waals surface area contributed by atoms with Crippen molar-refractivity contribution in [2.75, 3.05) is 18.0 Å². The zero-order valence-electron chi connectivity index (χ0n) is 10.3. The third-order valence-electron chi connectivity index (χ3n) is 3.43. The van der Waals surface area contributed by atoms with E-state index in [2.05, 4.69) is 0 Å². The van der Waals surface area contributed by atoms with Crippen LogP contribution in [0.2, 0.25) is 5.02 Å². The number of hydrogen-bond donors (Lipinski definition) is 2. The molecule has 0 saturated carbocycles. The third-order valence-corrected chi connectivity index (χ3v) is 3.66. The van der Waals surface area contributed by atoms with Crippen molar-refractivity contribution in [3.8, 4) is 0 Å². The Balaban J connectivity index is 2.21. The molecule has 1 aliphatic rings. The molecule has 0 unspecified atom stereocenters. The molecule has 0 atom stereocenters. The molecule has 3 N–H and O–H groups in total. The second-order valence-corrected chi connectivity index (χ2v) is 5.07. The smallest absolute Gasteiger partial charge is 0.337 e. The van der Waals surface area contributed by atoms with Crippen LogP contribution in [0.25, 0.3) is 0 Å². The van der Waals surface area contributed by atoms with Gasteiger partial charge in [-0.25, -0.2) is 4.79 Å². The van der Waals surface area contributed by atoms with Crippen LogP contribution in [0.4, 0.5) is 5.69 Å². The molecule has 2 rings (SSSR count). The molecule has 102 valence electrons. The van der Waals surface area contributed by atoms with Gasteiger partial charge in [0.2, 0.25) is 5.91 Å². The largest absolute Gasteiger partial charge is 0.478 e. The minimum atomic E-state index is -0.983. The lowest BCUT2D eigenvalue weighted by Crippen LogP contribution is -2.39. The van der Waals surface area contributed by atoms with Crippen molar-refractivity contribution in [1.29, 1.82) is 0 Å². The van der Waals surface area contributed by atoms with Gasteiger partial charge in [-0.15, -0.1) is 0 Å². The van der Waals surface area contributed by atoms with Crippen LogP contribution in [0.3, 0.4) is 0 Å². The summed E-state index contributed by atoms with van der Waals surface area (Å²) in [6.45, 7) is 1.21. The Morgan fingerprint density at radius 1 is 1.32 bits per heavy atom. The van der Waals surface area contributed by atoms with Gasteiger partial charge in [0.05, 0.1) is 11.3 Å². The summed E-state index contributed by atoms with van der Waals surface area (Å²) >= 11 is 5.93. The highest BCUT2D eigenvalue weighted by Gasteiger charge is 2.25. The predicted octanol–water partition coefficient (Wildman–Crippen LogP) is 1.74. The Morgan fingerprint density at radius 3 is 2.47 bits per heavy atom. The first-order valence-electron chi connectivity index (χ1n) is 6.06. The molecule has 1 aromatic rings. The van der Waals surface area contributed by atoms with E-state index in [0.29, 0.717) is 36.6 Å². The lowest BCUT2D eigenvalue weighted by Gasteiger charge is -2.33. The number of rotatable bonds is 3. The molecule has 5 nitrogen and oxygen atoms in total. The molecule has 19 heavy (non-hydrogen) atoms. The van der Waals surface area contributed by atoms with Crippen LogP contribution in [0, 0.1) is 5.92 Å². The molecular formula is C13H15ClN2O3. The maximum Gasteiger partial charge on any atom is 0.337 e. The maximum atomic E-state index is 11.2. The van der Waals surface area contributed by atoms with Gasteiger partial charge in [0.1, 0.15) is 0 Å². The molecule has 1 heterocycles. The first kappa shape index (κ1) is 13.7. The molecular weight excluding hydrogens is 268 g/mol. The average Bonchev–Trinajstić information content (AvgIpc) is 2.38. The second kappa shape index (κ2) is 5.48. The molecule has 0 radical (unpaired) electrons. The highest BCUT2D eigenvalue weighted by Crippen LogP contribution is 2.29. The van der Waals surface area contributed by atoms with Crippen LogP contribution < -0.4 is 10.6 Å². The van der Waals surface area contributed by atoms with Crippen LogP contribution in [0.15, 0.2) is 18.2 Å². The summed E-state index contributed by atoms with van der Waals surface area (Å²) in [7, 11) is 0. The lowest BCUT2D eigenvalue weighted by molar-refractivity contribution is -0.122. The summed E-state index contributed by atoms with van der Waals surface area (Å²) in [5.74, 6) is -1.39. The number of aromatic carboxylic acids is 1. The molecule has 0 spiro atoms. The number of carbonyl (C=O) groups is 2. The van der Waals surface area contributed by atoms with E-state index in [9.17, 15) is 14.7 Å². The Labute approximate surface area is 116 Å². The number of hydrogen-bond acceptors (Lipinski definition) is 3. The first-order chi connectivity index (χ1) is 8.99. The zero-order valence-corrected chi connectivity index (χ0v) is 11.1. The van der Waals surface area contributed by atoms with Gasteiger partial charge in [-0.2, -0.15) is 0 Å². The van der Waals surface area contributed by atoms with Crippen LogP contribution in [-0.2, 0) is 4.79 Å². The van der Waals surface area contributed by atoms with Gasteiger partial charge in [-0.3, -0.25) is 4.79 Å². The van der Waals surface area contributed by atoms with E-state index in [0.717, 1.165) is 0 Å². The number of nitrogens with two attached hydrogens (primary N) is 1. The van der Waals surface area contributed by atoms with Crippen molar-refractivity contribution in [2.45, 2.75) is 12.8 Å². The van der Waals surface area contributed by atoms with Crippen molar-refractivity contribution >= 4 is 29.2 Å². The number of halogens is 1. The minimum absolute atomic E-state index is 0.122. The number of carboxylic acids is 1. The van der Waals surface area contributed by atoms with Gasteiger partial charge in [0, 0.05) is 24.0 Å². The molecule has 1 aromatic carbocycles. The van der Waals surface area contributed by atoms with Crippen LogP contribution in [-0.4, -0.2) is 30.1 Å². The number of amides is 1. The van der Waals surface area contributed by atoms with E-state index in [-0.39, 0.29) is 17.4 Å². The molecule has 0 aliphatic carbocycles. The van der Waals surface area contributed by atoms with Gasteiger partial charge in [0.15, 0.2) is 0 Å². The lowest BCUT2D eigenvalue weighted by atomic mass is 9.95. The van der Waals surface area contributed by atoms with Gasteiger partial charge in [-0.05, 0) is 31.0 Å². The van der Waals surface area contributed by atoms with E-state index < -0.39 is 5.97 Å². The Bertz CT molecular complexity index is 511. The maximum absolute atomic E-state index is 11.2. The van der Waals surface area contributed by atoms with Crippen LogP contribution >= 0.6 is 11.6 Å². The standard InChI is InChI=1S/C13H15ClN2O3/c14-9-1-2-10(13(18)19)11(7-9)16-5-3-8(4-6-16)12(15)17/h1-2,7-8H,3-6H2,(H2,15,17)(H,18,19). The van der Waals surface area contributed by atoms with Crippen molar-refractivity contribution in [2.24, 2.45) is 11.7 Å². The number of carboxylic acid groups (broad SMARTS) is 1. The number of carbonyl (C=O) groups excluding carboxylic acids is 1. The average molecular weight is 283 g/mol. The predicted molar refractivity (Wildman–Crippen MR) is 72.5 cm³/mol. The molecule has 1 aliphatic heterocycles.